The van der Waals surface area contributed by atoms with Gasteiger partial charge in [-0.15, -0.1) is 0 Å². The molecule has 0 aromatic heterocycles. The predicted octanol–water partition coefficient (Wildman–Crippen LogP) is 2.82. The minimum atomic E-state index is -0.478. The Kier molecular flexibility index (Phi) is 7.23. The number of carbonyl (C=O) groups is 1. The number of hydrogen-bond acceptors (Lipinski definition) is 3. The first-order valence-electron chi connectivity index (χ1n) is 7.66. The zero-order chi connectivity index (χ0) is 15.7. The molecule has 118 valence electrons. The minimum Gasteiger partial charge on any atom is -0.494 e. The lowest BCUT2D eigenvalue weighted by Crippen LogP contribution is -2.50. The van der Waals surface area contributed by atoms with E-state index in [1.807, 2.05) is 45.0 Å². The van der Waals surface area contributed by atoms with Gasteiger partial charge in [-0.2, -0.15) is 0 Å². The number of rotatable bonds is 9. The molecule has 21 heavy (non-hydrogen) atoms. The monoisotopic (exact) mass is 293 g/mol. The van der Waals surface area contributed by atoms with Crippen molar-refractivity contribution in [1.29, 1.82) is 0 Å². The van der Waals surface area contributed by atoms with Crippen molar-refractivity contribution in [2.45, 2.75) is 52.0 Å². The first-order valence-corrected chi connectivity index (χ1v) is 7.66. The Balaban J connectivity index is 2.30. The molecule has 0 fully saturated rings. The Hall–Kier alpha value is -1.55. The standard InChI is InChI=1S/C17H27NO3/c1-4-17(5-2,13-19)18-16(20)10-7-11-21-15-9-6-8-14(3)12-15/h6,8-9,12,19H,4-5,7,10-11,13H2,1-3H3,(H,18,20). The third-order valence-corrected chi connectivity index (χ3v) is 3.87. The van der Waals surface area contributed by atoms with Gasteiger partial charge in [-0.05, 0) is 43.9 Å². The van der Waals surface area contributed by atoms with Crippen LogP contribution < -0.4 is 10.1 Å². The third kappa shape index (κ3) is 5.76. The van der Waals surface area contributed by atoms with Crippen LogP contribution in [0.2, 0.25) is 0 Å². The molecule has 0 aliphatic heterocycles. The van der Waals surface area contributed by atoms with Crippen LogP contribution in [0.5, 0.6) is 5.75 Å². The minimum absolute atomic E-state index is 0.0223. The van der Waals surface area contributed by atoms with Gasteiger partial charge in [0.2, 0.25) is 5.91 Å². The molecular formula is C17H27NO3. The maximum absolute atomic E-state index is 11.9. The Morgan fingerprint density at radius 1 is 1.33 bits per heavy atom. The van der Waals surface area contributed by atoms with Gasteiger partial charge in [0.25, 0.3) is 0 Å². The lowest BCUT2D eigenvalue weighted by atomic mass is 9.93. The van der Waals surface area contributed by atoms with Crippen molar-refractivity contribution in [2.75, 3.05) is 13.2 Å². The van der Waals surface area contributed by atoms with E-state index in [4.69, 9.17) is 4.74 Å². The summed E-state index contributed by atoms with van der Waals surface area (Å²) in [7, 11) is 0. The summed E-state index contributed by atoms with van der Waals surface area (Å²) in [6.45, 7) is 6.46. The number of aliphatic hydroxyl groups excluding tert-OH is 1. The van der Waals surface area contributed by atoms with E-state index in [0.29, 0.717) is 19.4 Å². The molecule has 1 aromatic carbocycles. The van der Waals surface area contributed by atoms with E-state index in [2.05, 4.69) is 5.32 Å². The van der Waals surface area contributed by atoms with E-state index in [1.165, 1.54) is 0 Å². The normalized spacial score (nSPS) is 11.2. The fraction of sp³-hybridized carbons (Fsp3) is 0.588. The van der Waals surface area contributed by atoms with Crippen LogP contribution in [0.25, 0.3) is 0 Å². The maximum Gasteiger partial charge on any atom is 0.220 e. The Morgan fingerprint density at radius 2 is 2.05 bits per heavy atom. The lowest BCUT2D eigenvalue weighted by molar-refractivity contribution is -0.124. The SMILES string of the molecule is CCC(CC)(CO)NC(=O)CCCOc1cccc(C)c1. The molecule has 0 atom stereocenters. The molecule has 0 aliphatic rings. The summed E-state index contributed by atoms with van der Waals surface area (Å²) < 4.78 is 5.62. The average Bonchev–Trinajstić information content (AvgIpc) is 2.49. The summed E-state index contributed by atoms with van der Waals surface area (Å²) in [5.41, 5.74) is 0.679. The van der Waals surface area contributed by atoms with Gasteiger partial charge in [0.1, 0.15) is 5.75 Å². The van der Waals surface area contributed by atoms with Gasteiger partial charge < -0.3 is 15.2 Å². The number of nitrogens with one attached hydrogen (secondary N) is 1. The number of aryl methyl sites for hydroxylation is 1. The molecule has 0 heterocycles. The molecular weight excluding hydrogens is 266 g/mol. The van der Waals surface area contributed by atoms with E-state index < -0.39 is 5.54 Å². The van der Waals surface area contributed by atoms with E-state index in [9.17, 15) is 9.90 Å². The summed E-state index contributed by atoms with van der Waals surface area (Å²) in [5.74, 6) is 0.808. The molecule has 1 rings (SSSR count). The summed E-state index contributed by atoms with van der Waals surface area (Å²) in [6.07, 6.45) is 2.53. The summed E-state index contributed by atoms with van der Waals surface area (Å²) >= 11 is 0. The van der Waals surface area contributed by atoms with Crippen LogP contribution >= 0.6 is 0 Å². The van der Waals surface area contributed by atoms with Crippen molar-refractivity contribution in [3.05, 3.63) is 29.8 Å². The van der Waals surface area contributed by atoms with Crippen LogP contribution in [-0.2, 0) is 4.79 Å². The van der Waals surface area contributed by atoms with Crippen LogP contribution in [0.1, 0.15) is 45.1 Å². The molecule has 0 saturated heterocycles. The summed E-state index contributed by atoms with van der Waals surface area (Å²) in [5, 5.41) is 12.4. The topological polar surface area (TPSA) is 58.6 Å². The van der Waals surface area contributed by atoms with Gasteiger partial charge in [0.05, 0.1) is 18.8 Å². The van der Waals surface area contributed by atoms with Crippen LogP contribution in [-0.4, -0.2) is 29.8 Å². The van der Waals surface area contributed by atoms with E-state index >= 15 is 0 Å². The van der Waals surface area contributed by atoms with E-state index in [1.54, 1.807) is 0 Å². The fourth-order valence-corrected chi connectivity index (χ4v) is 2.18. The maximum atomic E-state index is 11.9. The highest BCUT2D eigenvalue weighted by molar-refractivity contribution is 5.76. The second-order valence-electron chi connectivity index (χ2n) is 5.46. The summed E-state index contributed by atoms with van der Waals surface area (Å²) in [6, 6.07) is 7.86. The zero-order valence-corrected chi connectivity index (χ0v) is 13.3. The smallest absolute Gasteiger partial charge is 0.220 e. The molecule has 0 aliphatic carbocycles. The highest BCUT2D eigenvalue weighted by atomic mass is 16.5. The van der Waals surface area contributed by atoms with Gasteiger partial charge in [0, 0.05) is 6.42 Å². The van der Waals surface area contributed by atoms with E-state index in [0.717, 1.165) is 24.2 Å². The number of aliphatic hydroxyl groups is 1. The van der Waals surface area contributed by atoms with Crippen molar-refractivity contribution < 1.29 is 14.6 Å². The number of carbonyl (C=O) groups excluding carboxylic acids is 1. The lowest BCUT2D eigenvalue weighted by Gasteiger charge is -2.30. The van der Waals surface area contributed by atoms with Crippen molar-refractivity contribution in [3.63, 3.8) is 0 Å². The number of benzene rings is 1. The Morgan fingerprint density at radius 3 is 2.62 bits per heavy atom. The molecule has 4 heteroatoms. The number of hydrogen-bond donors (Lipinski definition) is 2. The molecule has 2 N–H and O–H groups in total. The second kappa shape index (κ2) is 8.67. The number of ether oxygens (including phenoxy) is 1. The third-order valence-electron chi connectivity index (χ3n) is 3.87. The van der Waals surface area contributed by atoms with Gasteiger partial charge >= 0.3 is 0 Å². The van der Waals surface area contributed by atoms with E-state index in [-0.39, 0.29) is 12.5 Å². The highest BCUT2D eigenvalue weighted by Gasteiger charge is 2.26. The van der Waals surface area contributed by atoms with Crippen LogP contribution in [0.15, 0.2) is 24.3 Å². The first kappa shape index (κ1) is 17.5. The zero-order valence-electron chi connectivity index (χ0n) is 13.3. The molecule has 1 aromatic rings. The predicted molar refractivity (Wildman–Crippen MR) is 84.4 cm³/mol. The van der Waals surface area contributed by atoms with Crippen LogP contribution in [0.3, 0.4) is 0 Å². The average molecular weight is 293 g/mol. The highest BCUT2D eigenvalue weighted by Crippen LogP contribution is 2.15. The van der Waals surface area contributed by atoms with Gasteiger partial charge in [-0.3, -0.25) is 4.79 Å². The van der Waals surface area contributed by atoms with Crippen molar-refractivity contribution >= 4 is 5.91 Å². The quantitative estimate of drug-likeness (QED) is 0.688. The van der Waals surface area contributed by atoms with Gasteiger partial charge in [-0.1, -0.05) is 26.0 Å². The molecule has 0 radical (unpaired) electrons. The molecule has 0 bridgehead atoms. The van der Waals surface area contributed by atoms with Gasteiger partial charge in [0.15, 0.2) is 0 Å². The fourth-order valence-electron chi connectivity index (χ4n) is 2.18. The Bertz CT molecular complexity index is 433. The number of amides is 1. The van der Waals surface area contributed by atoms with Crippen molar-refractivity contribution in [1.82, 2.24) is 5.32 Å². The molecule has 0 saturated carbocycles. The molecule has 4 nitrogen and oxygen atoms in total. The largest absolute Gasteiger partial charge is 0.494 e. The van der Waals surface area contributed by atoms with Gasteiger partial charge in [-0.25, -0.2) is 0 Å². The van der Waals surface area contributed by atoms with Crippen LogP contribution in [0, 0.1) is 6.92 Å². The molecule has 0 unspecified atom stereocenters. The molecule has 0 spiro atoms. The molecule has 1 amide bonds. The van der Waals surface area contributed by atoms with Crippen molar-refractivity contribution in [3.8, 4) is 5.75 Å². The van der Waals surface area contributed by atoms with Crippen LogP contribution in [0.4, 0.5) is 0 Å². The summed E-state index contributed by atoms with van der Waals surface area (Å²) in [4.78, 5) is 11.9. The first-order chi connectivity index (χ1) is 10.0. The second-order valence-corrected chi connectivity index (χ2v) is 5.46. The van der Waals surface area contributed by atoms with Crippen molar-refractivity contribution in [2.24, 2.45) is 0 Å². The Labute approximate surface area is 127 Å².